The standard InChI is InChI=1S/C11H12ClF2N3O/c12-9-8(2-1-5-15-9)16-10(18)17-6-3-11(13,14)4-7-17/h1-2,5H,3-4,6-7H2,(H,16,18). The lowest BCUT2D eigenvalue weighted by Gasteiger charge is -2.31. The van der Waals surface area contributed by atoms with Gasteiger partial charge in [0.25, 0.3) is 5.92 Å². The Morgan fingerprint density at radius 2 is 2.11 bits per heavy atom. The fourth-order valence-electron chi connectivity index (χ4n) is 1.71. The van der Waals surface area contributed by atoms with Crippen molar-refractivity contribution in [2.75, 3.05) is 18.4 Å². The van der Waals surface area contributed by atoms with Gasteiger partial charge < -0.3 is 10.2 Å². The summed E-state index contributed by atoms with van der Waals surface area (Å²) in [6.45, 7) is 0.0768. The van der Waals surface area contributed by atoms with Crippen molar-refractivity contribution in [2.45, 2.75) is 18.8 Å². The number of carbonyl (C=O) groups is 1. The molecule has 1 fully saturated rings. The van der Waals surface area contributed by atoms with Gasteiger partial charge in [0.15, 0.2) is 5.15 Å². The first kappa shape index (κ1) is 13.0. The van der Waals surface area contributed by atoms with Crippen LogP contribution in [0.25, 0.3) is 0 Å². The molecule has 7 heteroatoms. The van der Waals surface area contributed by atoms with Crippen LogP contribution in [0.4, 0.5) is 19.3 Å². The largest absolute Gasteiger partial charge is 0.324 e. The highest BCUT2D eigenvalue weighted by Gasteiger charge is 2.35. The molecule has 0 bridgehead atoms. The quantitative estimate of drug-likeness (QED) is 0.801. The molecule has 0 unspecified atom stereocenters. The summed E-state index contributed by atoms with van der Waals surface area (Å²) in [6, 6.07) is 2.80. The second kappa shape index (κ2) is 5.06. The molecule has 4 nitrogen and oxygen atoms in total. The van der Waals surface area contributed by atoms with Gasteiger partial charge in [-0.2, -0.15) is 0 Å². The van der Waals surface area contributed by atoms with E-state index in [-0.39, 0.29) is 31.1 Å². The molecular formula is C11H12ClF2N3O. The van der Waals surface area contributed by atoms with Gasteiger partial charge >= 0.3 is 6.03 Å². The Hall–Kier alpha value is -1.43. The Bertz CT molecular complexity index is 446. The highest BCUT2D eigenvalue weighted by molar-refractivity contribution is 6.32. The van der Waals surface area contributed by atoms with Crippen LogP contribution in [0, 0.1) is 0 Å². The zero-order valence-electron chi connectivity index (χ0n) is 9.50. The molecule has 0 radical (unpaired) electrons. The van der Waals surface area contributed by atoms with Crippen LogP contribution in [0.3, 0.4) is 0 Å². The van der Waals surface area contributed by atoms with E-state index in [2.05, 4.69) is 10.3 Å². The summed E-state index contributed by atoms with van der Waals surface area (Å²) in [5.74, 6) is -2.66. The third-order valence-electron chi connectivity index (χ3n) is 2.78. The monoisotopic (exact) mass is 275 g/mol. The molecule has 2 rings (SSSR count). The summed E-state index contributed by atoms with van der Waals surface area (Å²) in [5, 5.41) is 2.73. The molecule has 0 aromatic carbocycles. The number of carbonyl (C=O) groups excluding carboxylic acids is 1. The van der Waals surface area contributed by atoms with Gasteiger partial charge in [0.2, 0.25) is 0 Å². The van der Waals surface area contributed by atoms with Gasteiger partial charge in [-0.3, -0.25) is 0 Å². The minimum atomic E-state index is -2.66. The average molecular weight is 276 g/mol. The number of aromatic nitrogens is 1. The smallest absolute Gasteiger partial charge is 0.321 e. The third-order valence-corrected chi connectivity index (χ3v) is 3.08. The number of rotatable bonds is 1. The summed E-state index contributed by atoms with van der Waals surface area (Å²) in [4.78, 5) is 17.0. The summed E-state index contributed by atoms with van der Waals surface area (Å²) >= 11 is 5.79. The fourth-order valence-corrected chi connectivity index (χ4v) is 1.88. The number of hydrogen-bond donors (Lipinski definition) is 1. The van der Waals surface area contributed by atoms with E-state index < -0.39 is 12.0 Å². The van der Waals surface area contributed by atoms with E-state index in [1.54, 1.807) is 12.1 Å². The number of nitrogens with one attached hydrogen (secondary N) is 1. The van der Waals surface area contributed by atoms with Crippen molar-refractivity contribution >= 4 is 23.3 Å². The van der Waals surface area contributed by atoms with Gasteiger partial charge in [0, 0.05) is 32.1 Å². The molecule has 1 saturated heterocycles. The number of hydrogen-bond acceptors (Lipinski definition) is 2. The van der Waals surface area contributed by atoms with E-state index in [4.69, 9.17) is 11.6 Å². The van der Waals surface area contributed by atoms with Crippen LogP contribution >= 0.6 is 11.6 Å². The number of nitrogens with zero attached hydrogens (tertiary/aromatic N) is 2. The van der Waals surface area contributed by atoms with Crippen LogP contribution in [0.1, 0.15) is 12.8 Å². The Morgan fingerprint density at radius 1 is 1.44 bits per heavy atom. The van der Waals surface area contributed by atoms with Crippen molar-refractivity contribution in [3.8, 4) is 0 Å². The highest BCUT2D eigenvalue weighted by atomic mass is 35.5. The predicted octanol–water partition coefficient (Wildman–Crippen LogP) is 3.00. The maximum atomic E-state index is 12.9. The molecule has 1 aliphatic heterocycles. The van der Waals surface area contributed by atoms with E-state index in [1.807, 2.05) is 0 Å². The van der Waals surface area contributed by atoms with E-state index in [0.29, 0.717) is 5.69 Å². The maximum absolute atomic E-state index is 12.9. The van der Waals surface area contributed by atoms with Crippen molar-refractivity contribution in [3.05, 3.63) is 23.5 Å². The number of pyridine rings is 1. The zero-order chi connectivity index (χ0) is 13.2. The third kappa shape index (κ3) is 3.07. The molecule has 0 saturated carbocycles. The number of likely N-dealkylation sites (tertiary alicyclic amines) is 1. The Labute approximate surface area is 108 Å². The number of anilines is 1. The van der Waals surface area contributed by atoms with E-state index in [1.165, 1.54) is 11.1 Å². The number of piperidine rings is 1. The van der Waals surface area contributed by atoms with E-state index in [9.17, 15) is 13.6 Å². The van der Waals surface area contributed by atoms with Gasteiger partial charge in [0.05, 0.1) is 5.69 Å². The first-order valence-electron chi connectivity index (χ1n) is 5.52. The van der Waals surface area contributed by atoms with Gasteiger partial charge in [0.1, 0.15) is 0 Å². The van der Waals surface area contributed by atoms with Gasteiger partial charge in [-0.25, -0.2) is 18.6 Å². The Balaban J connectivity index is 1.95. The second-order valence-electron chi connectivity index (χ2n) is 4.11. The van der Waals surface area contributed by atoms with Crippen LogP contribution in [-0.4, -0.2) is 34.9 Å². The molecule has 18 heavy (non-hydrogen) atoms. The molecule has 1 aliphatic rings. The molecule has 0 atom stereocenters. The van der Waals surface area contributed by atoms with Crippen LogP contribution in [0.2, 0.25) is 5.15 Å². The second-order valence-corrected chi connectivity index (χ2v) is 4.47. The number of halogens is 3. The zero-order valence-corrected chi connectivity index (χ0v) is 10.3. The SMILES string of the molecule is O=C(Nc1cccnc1Cl)N1CCC(F)(F)CC1. The molecule has 1 aromatic heterocycles. The van der Waals surface area contributed by atoms with Crippen LogP contribution in [0.15, 0.2) is 18.3 Å². The van der Waals surface area contributed by atoms with E-state index in [0.717, 1.165) is 0 Å². The molecule has 2 heterocycles. The minimum absolute atomic E-state index is 0.0384. The average Bonchev–Trinajstić information content (AvgIpc) is 2.32. The topological polar surface area (TPSA) is 45.2 Å². The fraction of sp³-hybridized carbons (Fsp3) is 0.455. The van der Waals surface area contributed by atoms with Gasteiger partial charge in [-0.1, -0.05) is 11.6 Å². The lowest BCUT2D eigenvalue weighted by molar-refractivity contribution is -0.0461. The van der Waals surface area contributed by atoms with Crippen molar-refractivity contribution in [1.29, 1.82) is 0 Å². The number of alkyl halides is 2. The number of urea groups is 1. The first-order chi connectivity index (χ1) is 8.48. The van der Waals surface area contributed by atoms with E-state index >= 15 is 0 Å². The Kier molecular flexibility index (Phi) is 3.65. The summed E-state index contributed by atoms with van der Waals surface area (Å²) < 4.78 is 25.9. The molecular weight excluding hydrogens is 264 g/mol. The lowest BCUT2D eigenvalue weighted by Crippen LogP contribution is -2.44. The summed E-state index contributed by atoms with van der Waals surface area (Å²) in [6.07, 6.45) is 0.891. The normalized spacial score (nSPS) is 18.5. The first-order valence-corrected chi connectivity index (χ1v) is 5.90. The summed E-state index contributed by atoms with van der Waals surface area (Å²) in [7, 11) is 0. The number of amides is 2. The van der Waals surface area contributed by atoms with Crippen LogP contribution in [0.5, 0.6) is 0 Å². The maximum Gasteiger partial charge on any atom is 0.321 e. The van der Waals surface area contributed by atoms with Crippen molar-refractivity contribution < 1.29 is 13.6 Å². The highest BCUT2D eigenvalue weighted by Crippen LogP contribution is 2.28. The summed E-state index contributed by atoms with van der Waals surface area (Å²) in [5.41, 5.74) is 0.376. The molecule has 98 valence electrons. The van der Waals surface area contributed by atoms with Crippen molar-refractivity contribution in [2.24, 2.45) is 0 Å². The van der Waals surface area contributed by atoms with Crippen LogP contribution < -0.4 is 5.32 Å². The van der Waals surface area contributed by atoms with Gasteiger partial charge in [-0.15, -0.1) is 0 Å². The Morgan fingerprint density at radius 3 is 2.72 bits per heavy atom. The minimum Gasteiger partial charge on any atom is -0.324 e. The molecule has 1 aromatic rings. The van der Waals surface area contributed by atoms with Crippen molar-refractivity contribution in [3.63, 3.8) is 0 Å². The molecule has 2 amide bonds. The van der Waals surface area contributed by atoms with Crippen LogP contribution in [-0.2, 0) is 0 Å². The lowest BCUT2D eigenvalue weighted by atomic mass is 10.1. The molecule has 1 N–H and O–H groups in total. The molecule has 0 spiro atoms. The molecule has 0 aliphatic carbocycles. The predicted molar refractivity (Wildman–Crippen MR) is 64.0 cm³/mol. The van der Waals surface area contributed by atoms with Crippen molar-refractivity contribution in [1.82, 2.24) is 9.88 Å². The van der Waals surface area contributed by atoms with Gasteiger partial charge in [-0.05, 0) is 12.1 Å².